The van der Waals surface area contributed by atoms with Crippen molar-refractivity contribution in [3.63, 3.8) is 0 Å². The Kier molecular flexibility index (Phi) is 3.60. The maximum atomic E-state index is 5.96. The predicted molar refractivity (Wildman–Crippen MR) is 86.5 cm³/mol. The van der Waals surface area contributed by atoms with Gasteiger partial charge in [0.25, 0.3) is 0 Å². The van der Waals surface area contributed by atoms with Crippen molar-refractivity contribution >= 4 is 10.8 Å². The Morgan fingerprint density at radius 2 is 1.86 bits per heavy atom. The highest BCUT2D eigenvalue weighted by molar-refractivity contribution is 5.90. The summed E-state index contributed by atoms with van der Waals surface area (Å²) in [5.74, 6) is 0.974. The Hall–Kier alpha value is -1.84. The van der Waals surface area contributed by atoms with E-state index in [2.05, 4.69) is 36.9 Å². The molecule has 2 heterocycles. The average molecular weight is 296 g/mol. The predicted octanol–water partition coefficient (Wildman–Crippen LogP) is 3.29. The van der Waals surface area contributed by atoms with Gasteiger partial charge in [0.15, 0.2) is 0 Å². The lowest BCUT2D eigenvalue weighted by Gasteiger charge is -2.14. The Bertz CT molecular complexity index is 699. The third-order valence-corrected chi connectivity index (χ3v) is 4.18. The Morgan fingerprint density at radius 3 is 2.59 bits per heavy atom. The van der Waals surface area contributed by atoms with Crippen molar-refractivity contribution in [3.05, 3.63) is 54.1 Å². The van der Waals surface area contributed by atoms with Crippen molar-refractivity contribution in [2.24, 2.45) is 0 Å². The van der Waals surface area contributed by atoms with Crippen LogP contribution in [-0.4, -0.2) is 32.0 Å². The highest BCUT2D eigenvalue weighted by Crippen LogP contribution is 2.33. The number of epoxide rings is 2. The van der Waals surface area contributed by atoms with Crippen LogP contribution in [-0.2, 0) is 22.3 Å². The van der Waals surface area contributed by atoms with Crippen LogP contribution in [0.15, 0.2) is 43.0 Å². The zero-order valence-corrected chi connectivity index (χ0v) is 12.6. The van der Waals surface area contributed by atoms with Crippen LogP contribution in [0.4, 0.5) is 0 Å². The maximum absolute atomic E-state index is 5.96. The molecule has 2 aromatic rings. The fourth-order valence-electron chi connectivity index (χ4n) is 2.88. The van der Waals surface area contributed by atoms with E-state index in [0.29, 0.717) is 18.8 Å². The Balaban J connectivity index is 1.70. The molecule has 0 saturated carbocycles. The molecule has 0 aromatic heterocycles. The highest BCUT2D eigenvalue weighted by Gasteiger charge is 2.25. The van der Waals surface area contributed by atoms with Crippen LogP contribution in [0.25, 0.3) is 10.8 Å². The van der Waals surface area contributed by atoms with Crippen LogP contribution in [0.1, 0.15) is 11.1 Å². The molecule has 0 N–H and O–H groups in total. The van der Waals surface area contributed by atoms with Crippen LogP contribution < -0.4 is 4.74 Å². The third kappa shape index (κ3) is 3.01. The number of fused-ring (bicyclic) bond motifs is 1. The van der Waals surface area contributed by atoms with Gasteiger partial charge in [-0.25, -0.2) is 0 Å². The van der Waals surface area contributed by atoms with Crippen molar-refractivity contribution in [1.29, 1.82) is 0 Å². The highest BCUT2D eigenvalue weighted by atomic mass is 16.6. The van der Waals surface area contributed by atoms with Crippen LogP contribution >= 0.6 is 0 Å². The zero-order valence-electron chi connectivity index (χ0n) is 12.6. The fourth-order valence-corrected chi connectivity index (χ4v) is 2.88. The van der Waals surface area contributed by atoms with Gasteiger partial charge in [0.2, 0.25) is 0 Å². The van der Waals surface area contributed by atoms with Crippen molar-refractivity contribution in [1.82, 2.24) is 0 Å². The molecule has 2 aromatic carbocycles. The topological polar surface area (TPSA) is 34.3 Å². The van der Waals surface area contributed by atoms with Gasteiger partial charge in [-0.3, -0.25) is 0 Å². The summed E-state index contributed by atoms with van der Waals surface area (Å²) in [5, 5.41) is 2.39. The lowest BCUT2D eigenvalue weighted by molar-refractivity contribution is 0.358. The molecule has 0 radical (unpaired) electrons. The minimum atomic E-state index is 0.356. The molecule has 0 aliphatic carbocycles. The second kappa shape index (κ2) is 5.75. The molecule has 0 spiro atoms. The van der Waals surface area contributed by atoms with Gasteiger partial charge in [0.05, 0.1) is 25.4 Å². The molecule has 22 heavy (non-hydrogen) atoms. The summed E-state index contributed by atoms with van der Waals surface area (Å²) < 4.78 is 16.6. The summed E-state index contributed by atoms with van der Waals surface area (Å²) in [7, 11) is 0. The van der Waals surface area contributed by atoms with E-state index in [1.54, 1.807) is 6.08 Å². The van der Waals surface area contributed by atoms with Crippen molar-refractivity contribution in [2.75, 3.05) is 19.8 Å². The van der Waals surface area contributed by atoms with Gasteiger partial charge in [-0.15, -0.1) is 0 Å². The Morgan fingerprint density at radius 1 is 1.09 bits per heavy atom. The Labute approximate surface area is 130 Å². The van der Waals surface area contributed by atoms with E-state index in [9.17, 15) is 0 Å². The molecule has 114 valence electrons. The first-order chi connectivity index (χ1) is 10.8. The minimum absolute atomic E-state index is 0.356. The lowest BCUT2D eigenvalue weighted by Crippen LogP contribution is -2.02. The van der Waals surface area contributed by atoms with Crippen LogP contribution in [0.2, 0.25) is 0 Å². The molecule has 0 bridgehead atoms. The van der Waals surface area contributed by atoms with Crippen molar-refractivity contribution in [2.45, 2.75) is 25.0 Å². The maximum Gasteiger partial charge on any atom is 0.130 e. The van der Waals surface area contributed by atoms with Gasteiger partial charge in [0, 0.05) is 18.2 Å². The summed E-state index contributed by atoms with van der Waals surface area (Å²) in [5.41, 5.74) is 2.54. The average Bonchev–Trinajstić information content (AvgIpc) is 3.42. The molecular formula is C19H20O3. The quantitative estimate of drug-likeness (QED) is 0.581. The van der Waals surface area contributed by atoms with Gasteiger partial charge >= 0.3 is 0 Å². The second-order valence-corrected chi connectivity index (χ2v) is 6.03. The van der Waals surface area contributed by atoms with Crippen molar-refractivity contribution in [3.8, 4) is 5.75 Å². The minimum Gasteiger partial charge on any atom is -0.489 e. The summed E-state index contributed by atoms with van der Waals surface area (Å²) >= 11 is 0. The first-order valence-electron chi connectivity index (χ1n) is 7.85. The first-order valence-corrected chi connectivity index (χ1v) is 7.85. The van der Waals surface area contributed by atoms with E-state index >= 15 is 0 Å². The second-order valence-electron chi connectivity index (χ2n) is 6.03. The normalized spacial score (nSPS) is 22.5. The number of hydrogen-bond donors (Lipinski definition) is 0. The summed E-state index contributed by atoms with van der Waals surface area (Å²) in [4.78, 5) is 0. The number of hydrogen-bond acceptors (Lipinski definition) is 3. The van der Waals surface area contributed by atoms with Crippen LogP contribution in [0.3, 0.4) is 0 Å². The van der Waals surface area contributed by atoms with E-state index < -0.39 is 0 Å². The molecule has 2 atom stereocenters. The standard InChI is InChI=1S/C19H20O3/c1-2-7-20-19-15(10-17-12-22-17)5-4-14-8-13(3-6-18(14)19)9-16-11-21-16/h2-6,8,16-17H,1,7,9-12H2. The van der Waals surface area contributed by atoms with Gasteiger partial charge < -0.3 is 14.2 Å². The zero-order chi connectivity index (χ0) is 14.9. The van der Waals surface area contributed by atoms with Gasteiger partial charge in [-0.05, 0) is 16.5 Å². The largest absolute Gasteiger partial charge is 0.489 e. The molecule has 3 heteroatoms. The number of rotatable bonds is 7. The molecule has 3 nitrogen and oxygen atoms in total. The van der Waals surface area contributed by atoms with E-state index in [1.807, 2.05) is 0 Å². The summed E-state index contributed by atoms with van der Waals surface area (Å²) in [6, 6.07) is 10.9. The molecule has 2 unspecified atom stereocenters. The van der Waals surface area contributed by atoms with Gasteiger partial charge in [-0.1, -0.05) is 43.0 Å². The molecule has 2 aliphatic heterocycles. The molecule has 2 saturated heterocycles. The summed E-state index contributed by atoms with van der Waals surface area (Å²) in [6.07, 6.45) is 4.47. The van der Waals surface area contributed by atoms with E-state index in [0.717, 1.165) is 31.8 Å². The number of benzene rings is 2. The third-order valence-electron chi connectivity index (χ3n) is 4.18. The van der Waals surface area contributed by atoms with Crippen molar-refractivity contribution < 1.29 is 14.2 Å². The van der Waals surface area contributed by atoms with Gasteiger partial charge in [-0.2, -0.15) is 0 Å². The van der Waals surface area contributed by atoms with Crippen LogP contribution in [0, 0.1) is 0 Å². The molecular weight excluding hydrogens is 276 g/mol. The molecule has 0 amide bonds. The monoisotopic (exact) mass is 296 g/mol. The lowest BCUT2D eigenvalue weighted by atomic mass is 9.99. The molecule has 4 rings (SSSR count). The SMILES string of the molecule is C=CCOc1c(CC2CO2)ccc2cc(CC3CO3)ccc12. The molecule has 2 aliphatic rings. The smallest absolute Gasteiger partial charge is 0.130 e. The van der Waals surface area contributed by atoms with E-state index in [4.69, 9.17) is 14.2 Å². The number of ether oxygens (including phenoxy) is 3. The molecule has 2 fully saturated rings. The fraction of sp³-hybridized carbons (Fsp3) is 0.368. The summed E-state index contributed by atoms with van der Waals surface area (Å²) in [6.45, 7) is 6.03. The van der Waals surface area contributed by atoms with Gasteiger partial charge in [0.1, 0.15) is 12.4 Å². The first kappa shape index (κ1) is 13.8. The van der Waals surface area contributed by atoms with E-state index in [1.165, 1.54) is 21.9 Å². The van der Waals surface area contributed by atoms with Crippen LogP contribution in [0.5, 0.6) is 5.75 Å². The van der Waals surface area contributed by atoms with E-state index in [-0.39, 0.29) is 0 Å².